The zero-order valence-electron chi connectivity index (χ0n) is 16.4. The SMILES string of the molecule is CCC(=O)N(c1ccccc1)[C@H]1CCN(CCc2ccccc2)[C@H](C)C1.Cl. The number of hydrogen-bond acceptors (Lipinski definition) is 2. The molecule has 0 saturated carbocycles. The normalized spacial score (nSPS) is 19.9. The summed E-state index contributed by atoms with van der Waals surface area (Å²) in [6.07, 6.45) is 3.72. The van der Waals surface area contributed by atoms with E-state index in [0.29, 0.717) is 18.5 Å². The fourth-order valence-electron chi connectivity index (χ4n) is 4.00. The van der Waals surface area contributed by atoms with Crippen LogP contribution in [-0.2, 0) is 11.2 Å². The van der Waals surface area contributed by atoms with Gasteiger partial charge in [-0.05, 0) is 43.9 Å². The molecular weight excluding hydrogens is 356 g/mol. The molecule has 1 fully saturated rings. The summed E-state index contributed by atoms with van der Waals surface area (Å²) in [5.74, 6) is 0.228. The maximum Gasteiger partial charge on any atom is 0.226 e. The third-order valence-corrected chi connectivity index (χ3v) is 5.49. The number of likely N-dealkylation sites (tertiary alicyclic amines) is 1. The highest BCUT2D eigenvalue weighted by Crippen LogP contribution is 2.27. The third kappa shape index (κ3) is 5.57. The second kappa shape index (κ2) is 10.5. The van der Waals surface area contributed by atoms with Gasteiger partial charge in [-0.15, -0.1) is 12.4 Å². The molecular formula is C23H31ClN2O. The topological polar surface area (TPSA) is 23.6 Å². The minimum atomic E-state index is 0. The summed E-state index contributed by atoms with van der Waals surface area (Å²) < 4.78 is 0. The van der Waals surface area contributed by atoms with Crippen LogP contribution < -0.4 is 4.90 Å². The zero-order valence-corrected chi connectivity index (χ0v) is 17.2. The van der Waals surface area contributed by atoms with Crippen LogP contribution in [-0.4, -0.2) is 36.0 Å². The zero-order chi connectivity index (χ0) is 18.4. The number of para-hydroxylation sites is 1. The number of halogens is 1. The second-order valence-electron chi connectivity index (χ2n) is 7.25. The number of anilines is 1. The van der Waals surface area contributed by atoms with Gasteiger partial charge in [-0.2, -0.15) is 0 Å². The summed E-state index contributed by atoms with van der Waals surface area (Å²) in [4.78, 5) is 17.2. The van der Waals surface area contributed by atoms with Crippen LogP contribution in [0.15, 0.2) is 60.7 Å². The van der Waals surface area contributed by atoms with Gasteiger partial charge in [0.25, 0.3) is 0 Å². The molecule has 1 heterocycles. The van der Waals surface area contributed by atoms with E-state index in [2.05, 4.69) is 54.3 Å². The number of hydrogen-bond donors (Lipinski definition) is 0. The first-order valence-electron chi connectivity index (χ1n) is 9.84. The minimum Gasteiger partial charge on any atom is -0.309 e. The molecule has 0 spiro atoms. The van der Waals surface area contributed by atoms with E-state index in [4.69, 9.17) is 0 Å². The highest BCUT2D eigenvalue weighted by Gasteiger charge is 2.31. The van der Waals surface area contributed by atoms with Crippen LogP contribution in [0.5, 0.6) is 0 Å². The quantitative estimate of drug-likeness (QED) is 0.701. The van der Waals surface area contributed by atoms with Gasteiger partial charge in [0.15, 0.2) is 0 Å². The van der Waals surface area contributed by atoms with Crippen LogP contribution >= 0.6 is 12.4 Å². The van der Waals surface area contributed by atoms with Crippen molar-refractivity contribution in [3.63, 3.8) is 0 Å². The summed E-state index contributed by atoms with van der Waals surface area (Å²) in [5.41, 5.74) is 2.43. The number of rotatable bonds is 6. The number of carbonyl (C=O) groups is 1. The van der Waals surface area contributed by atoms with Crippen molar-refractivity contribution in [2.24, 2.45) is 0 Å². The summed E-state index contributed by atoms with van der Waals surface area (Å²) in [5, 5.41) is 0. The van der Waals surface area contributed by atoms with E-state index in [1.807, 2.05) is 30.0 Å². The molecule has 0 N–H and O–H groups in total. The molecule has 1 aliphatic rings. The van der Waals surface area contributed by atoms with Gasteiger partial charge < -0.3 is 9.80 Å². The molecule has 27 heavy (non-hydrogen) atoms. The Bertz CT molecular complexity index is 692. The predicted octanol–water partition coefficient (Wildman–Crippen LogP) is 4.95. The molecule has 2 atom stereocenters. The largest absolute Gasteiger partial charge is 0.309 e. The average molecular weight is 387 g/mol. The maximum absolute atomic E-state index is 12.6. The van der Waals surface area contributed by atoms with Crippen molar-refractivity contribution in [3.05, 3.63) is 66.2 Å². The van der Waals surface area contributed by atoms with Crippen LogP contribution in [0.3, 0.4) is 0 Å². The van der Waals surface area contributed by atoms with Gasteiger partial charge in [-0.1, -0.05) is 55.5 Å². The van der Waals surface area contributed by atoms with Gasteiger partial charge in [-0.25, -0.2) is 0 Å². The van der Waals surface area contributed by atoms with Crippen LogP contribution in [0.1, 0.15) is 38.7 Å². The first-order valence-corrected chi connectivity index (χ1v) is 9.84. The molecule has 3 nitrogen and oxygen atoms in total. The standard InChI is InChI=1S/C23H30N2O.ClH/c1-3-23(26)25(21-12-8-5-9-13-21)22-15-17-24(19(2)18-22)16-14-20-10-6-4-7-11-20;/h4-13,19,22H,3,14-18H2,1-2H3;1H/t19-,22+;/m1./s1. The predicted molar refractivity (Wildman–Crippen MR) is 116 cm³/mol. The molecule has 2 aromatic rings. The molecule has 3 rings (SSSR count). The molecule has 0 aliphatic carbocycles. The number of carbonyl (C=O) groups excluding carboxylic acids is 1. The summed E-state index contributed by atoms with van der Waals surface area (Å²) in [6.45, 7) is 6.40. The van der Waals surface area contributed by atoms with Crippen LogP contribution in [0.4, 0.5) is 5.69 Å². The van der Waals surface area contributed by atoms with E-state index >= 15 is 0 Å². The molecule has 0 unspecified atom stereocenters. The lowest BCUT2D eigenvalue weighted by Crippen LogP contribution is -2.51. The van der Waals surface area contributed by atoms with Crippen molar-refractivity contribution < 1.29 is 4.79 Å². The van der Waals surface area contributed by atoms with E-state index in [-0.39, 0.29) is 18.3 Å². The highest BCUT2D eigenvalue weighted by molar-refractivity contribution is 5.93. The van der Waals surface area contributed by atoms with E-state index < -0.39 is 0 Å². The van der Waals surface area contributed by atoms with Crippen molar-refractivity contribution in [2.45, 2.75) is 51.6 Å². The maximum atomic E-state index is 12.6. The van der Waals surface area contributed by atoms with Crippen LogP contribution in [0.2, 0.25) is 0 Å². The molecule has 0 radical (unpaired) electrons. The summed E-state index contributed by atoms with van der Waals surface area (Å²) >= 11 is 0. The van der Waals surface area contributed by atoms with Gasteiger partial charge in [0, 0.05) is 37.3 Å². The second-order valence-corrected chi connectivity index (χ2v) is 7.25. The smallest absolute Gasteiger partial charge is 0.226 e. The first-order chi connectivity index (χ1) is 12.7. The number of piperidine rings is 1. The Morgan fingerprint density at radius 3 is 2.30 bits per heavy atom. The molecule has 1 amide bonds. The fraction of sp³-hybridized carbons (Fsp3) is 0.435. The lowest BCUT2D eigenvalue weighted by molar-refractivity contribution is -0.119. The van der Waals surface area contributed by atoms with E-state index in [0.717, 1.165) is 38.0 Å². The van der Waals surface area contributed by atoms with Gasteiger partial charge in [0.2, 0.25) is 5.91 Å². The van der Waals surface area contributed by atoms with Crippen molar-refractivity contribution in [1.29, 1.82) is 0 Å². The molecule has 146 valence electrons. The molecule has 1 saturated heterocycles. The molecule has 2 aromatic carbocycles. The Morgan fingerprint density at radius 2 is 1.70 bits per heavy atom. The average Bonchev–Trinajstić information content (AvgIpc) is 2.69. The molecule has 0 bridgehead atoms. The lowest BCUT2D eigenvalue weighted by Gasteiger charge is -2.42. The third-order valence-electron chi connectivity index (χ3n) is 5.49. The van der Waals surface area contributed by atoms with Gasteiger partial charge in [0.05, 0.1) is 0 Å². The number of amides is 1. The minimum absolute atomic E-state index is 0. The van der Waals surface area contributed by atoms with Crippen molar-refractivity contribution in [2.75, 3.05) is 18.0 Å². The van der Waals surface area contributed by atoms with Crippen molar-refractivity contribution in [3.8, 4) is 0 Å². The first kappa shape index (κ1) is 21.5. The Kier molecular flexibility index (Phi) is 8.33. The summed E-state index contributed by atoms with van der Waals surface area (Å²) in [6, 6.07) is 21.6. The van der Waals surface area contributed by atoms with Gasteiger partial charge in [-0.3, -0.25) is 4.79 Å². The van der Waals surface area contributed by atoms with Crippen molar-refractivity contribution in [1.82, 2.24) is 4.90 Å². The van der Waals surface area contributed by atoms with Crippen LogP contribution in [0.25, 0.3) is 0 Å². The lowest BCUT2D eigenvalue weighted by atomic mass is 9.95. The van der Waals surface area contributed by atoms with Crippen molar-refractivity contribution >= 4 is 24.0 Å². The Labute approximate surface area is 169 Å². The fourth-order valence-corrected chi connectivity index (χ4v) is 4.00. The monoisotopic (exact) mass is 386 g/mol. The molecule has 4 heteroatoms. The number of benzene rings is 2. The van der Waals surface area contributed by atoms with Gasteiger partial charge >= 0.3 is 0 Å². The Balaban J connectivity index is 0.00000261. The molecule has 0 aromatic heterocycles. The van der Waals surface area contributed by atoms with E-state index in [1.54, 1.807) is 0 Å². The van der Waals surface area contributed by atoms with E-state index in [1.165, 1.54) is 5.56 Å². The number of nitrogens with zero attached hydrogens (tertiary/aromatic N) is 2. The molecule has 1 aliphatic heterocycles. The Hall–Kier alpha value is -1.84. The summed E-state index contributed by atoms with van der Waals surface area (Å²) in [7, 11) is 0. The highest BCUT2D eigenvalue weighted by atomic mass is 35.5. The Morgan fingerprint density at radius 1 is 1.07 bits per heavy atom. The van der Waals surface area contributed by atoms with E-state index in [9.17, 15) is 4.79 Å². The van der Waals surface area contributed by atoms with Crippen LogP contribution in [0, 0.1) is 0 Å². The van der Waals surface area contributed by atoms with Gasteiger partial charge in [0.1, 0.15) is 0 Å².